The van der Waals surface area contributed by atoms with Crippen molar-refractivity contribution >= 4 is 11.9 Å². The van der Waals surface area contributed by atoms with Gasteiger partial charge >= 0.3 is 11.9 Å². The molecule has 2 saturated carbocycles. The van der Waals surface area contributed by atoms with E-state index in [2.05, 4.69) is 0 Å². The molecule has 4 rings (SSSR count). The second-order valence-corrected chi connectivity index (χ2v) is 6.77. The highest BCUT2D eigenvalue weighted by Gasteiger charge is 2.81. The van der Waals surface area contributed by atoms with E-state index >= 15 is 0 Å². The van der Waals surface area contributed by atoms with Gasteiger partial charge in [0.05, 0.1) is 7.11 Å². The number of esters is 2. The summed E-state index contributed by atoms with van der Waals surface area (Å²) >= 11 is 0. The molecule has 0 aromatic heterocycles. The zero-order valence-corrected chi connectivity index (χ0v) is 12.8. The Hall–Kier alpha value is -1.84. The average molecular weight is 300 g/mol. The molecule has 22 heavy (non-hydrogen) atoms. The lowest BCUT2D eigenvalue weighted by molar-refractivity contribution is -0.166. The quantitative estimate of drug-likeness (QED) is 0.622. The average Bonchev–Trinajstić information content (AvgIpc) is 3.16. The predicted molar refractivity (Wildman–Crippen MR) is 78.8 cm³/mol. The van der Waals surface area contributed by atoms with E-state index in [0.717, 1.165) is 37.7 Å². The number of carbonyl (C=O) groups is 2. The molecule has 0 bridgehead atoms. The molecule has 0 N–H and O–H groups in total. The molecule has 0 unspecified atom stereocenters. The van der Waals surface area contributed by atoms with Gasteiger partial charge in [0.2, 0.25) is 0 Å². The maximum absolute atomic E-state index is 12.8. The van der Waals surface area contributed by atoms with Crippen molar-refractivity contribution < 1.29 is 19.1 Å². The van der Waals surface area contributed by atoms with Crippen molar-refractivity contribution in [2.24, 2.45) is 10.8 Å². The Labute approximate surface area is 129 Å². The molecule has 1 heterocycles. The summed E-state index contributed by atoms with van der Waals surface area (Å²) in [7, 11) is 1.37. The zero-order valence-electron chi connectivity index (χ0n) is 12.8. The standard InChI is InChI=1S/C18H20O4/c1-21-14(19)17-11-5-9-16(17)10-6-12-18(16,22-15(17)20)13-7-3-2-4-8-13/h2-4,7-8H,5-6,9-12H2,1H3/t16-,17-,18+/m0/s1. The molecular weight excluding hydrogens is 280 g/mol. The molecular formula is C18H20O4. The highest BCUT2D eigenvalue weighted by molar-refractivity contribution is 6.04. The molecule has 1 aromatic rings. The Bertz CT molecular complexity index is 636. The van der Waals surface area contributed by atoms with Crippen molar-refractivity contribution in [3.05, 3.63) is 35.9 Å². The summed E-state index contributed by atoms with van der Waals surface area (Å²) in [6.45, 7) is 0. The van der Waals surface area contributed by atoms with E-state index < -0.39 is 22.4 Å². The summed E-state index contributed by atoms with van der Waals surface area (Å²) in [4.78, 5) is 25.5. The maximum Gasteiger partial charge on any atom is 0.325 e. The van der Waals surface area contributed by atoms with Crippen LogP contribution in [0.4, 0.5) is 0 Å². The highest BCUT2D eigenvalue weighted by Crippen LogP contribution is 2.74. The summed E-state index contributed by atoms with van der Waals surface area (Å²) in [6.07, 6.45) is 4.89. The van der Waals surface area contributed by atoms with Gasteiger partial charge in [-0.25, -0.2) is 0 Å². The van der Waals surface area contributed by atoms with Crippen molar-refractivity contribution in [3.8, 4) is 0 Å². The smallest absolute Gasteiger partial charge is 0.325 e. The van der Waals surface area contributed by atoms with Crippen LogP contribution < -0.4 is 0 Å². The molecule has 0 radical (unpaired) electrons. The van der Waals surface area contributed by atoms with E-state index in [4.69, 9.17) is 9.47 Å². The Morgan fingerprint density at radius 2 is 1.77 bits per heavy atom. The Balaban J connectivity index is 1.96. The molecule has 1 aliphatic heterocycles. The first-order valence-corrected chi connectivity index (χ1v) is 8.00. The summed E-state index contributed by atoms with van der Waals surface area (Å²) in [5.41, 5.74) is -1.18. The first kappa shape index (κ1) is 13.8. The van der Waals surface area contributed by atoms with Crippen LogP contribution in [0.25, 0.3) is 0 Å². The molecule has 1 spiro atoms. The van der Waals surface area contributed by atoms with Crippen molar-refractivity contribution in [3.63, 3.8) is 0 Å². The van der Waals surface area contributed by atoms with Crippen LogP contribution in [0.5, 0.6) is 0 Å². The summed E-state index contributed by atoms with van der Waals surface area (Å²) < 4.78 is 11.1. The largest absolute Gasteiger partial charge is 0.468 e. The van der Waals surface area contributed by atoms with Crippen molar-refractivity contribution in [1.29, 1.82) is 0 Å². The number of benzene rings is 1. The van der Waals surface area contributed by atoms with E-state index in [1.54, 1.807) is 0 Å². The Kier molecular flexibility index (Phi) is 2.72. The number of methoxy groups -OCH3 is 1. The molecule has 116 valence electrons. The van der Waals surface area contributed by atoms with Gasteiger partial charge in [0.1, 0.15) is 5.60 Å². The van der Waals surface area contributed by atoms with Gasteiger partial charge in [-0.2, -0.15) is 0 Å². The highest BCUT2D eigenvalue weighted by atomic mass is 16.6. The number of ether oxygens (including phenoxy) is 2. The van der Waals surface area contributed by atoms with Crippen LogP contribution >= 0.6 is 0 Å². The van der Waals surface area contributed by atoms with E-state index in [-0.39, 0.29) is 5.97 Å². The minimum Gasteiger partial charge on any atom is -0.468 e. The first-order chi connectivity index (χ1) is 10.6. The van der Waals surface area contributed by atoms with Gasteiger partial charge in [0.25, 0.3) is 0 Å². The predicted octanol–water partition coefficient (Wildman–Crippen LogP) is 2.95. The number of hydrogen-bond acceptors (Lipinski definition) is 4. The van der Waals surface area contributed by atoms with E-state index in [0.29, 0.717) is 6.42 Å². The topological polar surface area (TPSA) is 52.6 Å². The minimum absolute atomic E-state index is 0.375. The number of rotatable bonds is 2. The van der Waals surface area contributed by atoms with Crippen molar-refractivity contribution in [2.45, 2.75) is 44.1 Å². The molecule has 1 aromatic carbocycles. The Morgan fingerprint density at radius 3 is 2.45 bits per heavy atom. The van der Waals surface area contributed by atoms with Crippen molar-refractivity contribution in [2.75, 3.05) is 7.11 Å². The molecule has 3 fully saturated rings. The lowest BCUT2D eigenvalue weighted by Crippen LogP contribution is -2.49. The maximum atomic E-state index is 12.8. The van der Waals surface area contributed by atoms with Crippen LogP contribution in [-0.2, 0) is 24.7 Å². The van der Waals surface area contributed by atoms with Crippen LogP contribution in [-0.4, -0.2) is 19.0 Å². The van der Waals surface area contributed by atoms with Gasteiger partial charge in [0.15, 0.2) is 5.41 Å². The van der Waals surface area contributed by atoms with Crippen LogP contribution in [0, 0.1) is 10.8 Å². The van der Waals surface area contributed by atoms with Crippen LogP contribution in [0.15, 0.2) is 30.3 Å². The summed E-state index contributed by atoms with van der Waals surface area (Å²) in [5, 5.41) is 0. The Morgan fingerprint density at radius 1 is 1.09 bits per heavy atom. The molecule has 4 nitrogen and oxygen atoms in total. The van der Waals surface area contributed by atoms with Gasteiger partial charge in [-0.15, -0.1) is 0 Å². The third-order valence-electron chi connectivity index (χ3n) is 6.27. The first-order valence-electron chi connectivity index (χ1n) is 8.00. The third-order valence-corrected chi connectivity index (χ3v) is 6.27. The SMILES string of the molecule is COC(=O)[C@]12CCC[C@]13CCC[C@]3(c1ccccc1)OC2=O. The second-order valence-electron chi connectivity index (χ2n) is 6.77. The summed E-state index contributed by atoms with van der Waals surface area (Å²) in [6, 6.07) is 9.94. The van der Waals surface area contributed by atoms with Gasteiger partial charge in [-0.3, -0.25) is 9.59 Å². The van der Waals surface area contributed by atoms with Gasteiger partial charge in [0, 0.05) is 5.41 Å². The fraction of sp³-hybridized carbons (Fsp3) is 0.556. The van der Waals surface area contributed by atoms with Crippen LogP contribution in [0.3, 0.4) is 0 Å². The molecule has 1 saturated heterocycles. The molecule has 3 aliphatic rings. The monoisotopic (exact) mass is 300 g/mol. The fourth-order valence-corrected chi connectivity index (χ4v) is 5.51. The zero-order chi connectivity index (χ0) is 15.4. The van der Waals surface area contributed by atoms with Crippen LogP contribution in [0.1, 0.15) is 44.1 Å². The third kappa shape index (κ3) is 1.26. The van der Waals surface area contributed by atoms with Crippen molar-refractivity contribution in [1.82, 2.24) is 0 Å². The summed E-state index contributed by atoms with van der Waals surface area (Å²) in [5.74, 6) is -0.782. The fourth-order valence-electron chi connectivity index (χ4n) is 5.51. The van der Waals surface area contributed by atoms with E-state index in [9.17, 15) is 9.59 Å². The lowest BCUT2D eigenvalue weighted by atomic mass is 9.59. The van der Waals surface area contributed by atoms with E-state index in [1.165, 1.54) is 7.11 Å². The number of carbonyl (C=O) groups excluding carboxylic acids is 2. The molecule has 2 aliphatic carbocycles. The number of hydrogen-bond donors (Lipinski definition) is 0. The van der Waals surface area contributed by atoms with Gasteiger partial charge in [-0.1, -0.05) is 36.8 Å². The second kappa shape index (κ2) is 4.34. The van der Waals surface area contributed by atoms with Crippen LogP contribution in [0.2, 0.25) is 0 Å². The van der Waals surface area contributed by atoms with Gasteiger partial charge in [-0.05, 0) is 37.7 Å². The van der Waals surface area contributed by atoms with E-state index in [1.807, 2.05) is 30.3 Å². The molecule has 3 atom stereocenters. The lowest BCUT2D eigenvalue weighted by Gasteiger charge is -2.41. The molecule has 4 heteroatoms. The minimum atomic E-state index is -1.10. The normalized spacial score (nSPS) is 39.2. The molecule has 0 amide bonds. The van der Waals surface area contributed by atoms with Gasteiger partial charge < -0.3 is 9.47 Å².